The molecule has 0 aliphatic rings. The number of hydrogen-bond acceptors (Lipinski definition) is 8. The van der Waals surface area contributed by atoms with E-state index in [-0.39, 0.29) is 28.4 Å². The molecule has 0 saturated heterocycles. The zero-order valence-electron chi connectivity index (χ0n) is 20.2. The average molecular weight is 527 g/mol. The van der Waals surface area contributed by atoms with Gasteiger partial charge in [-0.1, -0.05) is 42.5 Å². The molecule has 3 aromatic carbocycles. The lowest BCUT2D eigenvalue weighted by Gasteiger charge is -2.22. The van der Waals surface area contributed by atoms with Gasteiger partial charge in [0.15, 0.2) is 11.5 Å². The summed E-state index contributed by atoms with van der Waals surface area (Å²) >= 11 is 0. The Morgan fingerprint density at radius 2 is 1.70 bits per heavy atom. The van der Waals surface area contributed by atoms with Crippen molar-refractivity contribution in [2.24, 2.45) is 5.10 Å². The van der Waals surface area contributed by atoms with Crippen LogP contribution >= 0.6 is 0 Å². The number of carbonyl (C=O) groups is 1. The molecule has 0 atom stereocenters. The standard InChI is InChI=1S/C25H26N4O7S/c1-35-23-13-12-21(16-24(23)36-2)37(33,34)28(15-14-19-8-4-3-5-9-19)18-25(30)27-26-17-20-10-6-7-11-22(20)29(31)32/h3-13,16-17H,14-15,18H2,1-2H3,(H,27,30)/b26-17-. The quantitative estimate of drug-likeness (QED) is 0.217. The smallest absolute Gasteiger partial charge is 0.278 e. The monoisotopic (exact) mass is 526 g/mol. The normalized spacial score (nSPS) is 11.4. The fourth-order valence-electron chi connectivity index (χ4n) is 3.44. The summed E-state index contributed by atoms with van der Waals surface area (Å²) in [4.78, 5) is 23.2. The third-order valence-electron chi connectivity index (χ3n) is 5.33. The van der Waals surface area contributed by atoms with Gasteiger partial charge in [0.1, 0.15) is 0 Å². The van der Waals surface area contributed by atoms with Gasteiger partial charge in [-0.2, -0.15) is 9.41 Å². The third kappa shape index (κ3) is 7.12. The first-order valence-corrected chi connectivity index (χ1v) is 12.5. The lowest BCUT2D eigenvalue weighted by Crippen LogP contribution is -2.40. The minimum absolute atomic E-state index is 0.0159. The molecule has 11 nitrogen and oxygen atoms in total. The molecule has 0 saturated carbocycles. The summed E-state index contributed by atoms with van der Waals surface area (Å²) in [5.41, 5.74) is 3.15. The number of nitrogens with zero attached hydrogens (tertiary/aromatic N) is 3. The Kier molecular flexibility index (Phi) is 9.30. The van der Waals surface area contributed by atoms with Crippen LogP contribution < -0.4 is 14.9 Å². The molecule has 194 valence electrons. The van der Waals surface area contributed by atoms with Crippen LogP contribution in [0.4, 0.5) is 5.69 Å². The lowest BCUT2D eigenvalue weighted by molar-refractivity contribution is -0.385. The van der Waals surface area contributed by atoms with Gasteiger partial charge in [-0.25, -0.2) is 13.8 Å². The van der Waals surface area contributed by atoms with Crippen LogP contribution in [0.15, 0.2) is 82.8 Å². The molecular weight excluding hydrogens is 500 g/mol. The number of methoxy groups -OCH3 is 2. The number of nitro benzene ring substituents is 1. The highest BCUT2D eigenvalue weighted by Crippen LogP contribution is 2.30. The highest BCUT2D eigenvalue weighted by Gasteiger charge is 2.27. The van der Waals surface area contributed by atoms with E-state index >= 15 is 0 Å². The van der Waals surface area contributed by atoms with E-state index in [0.29, 0.717) is 12.2 Å². The zero-order valence-corrected chi connectivity index (χ0v) is 21.1. The van der Waals surface area contributed by atoms with E-state index in [9.17, 15) is 23.3 Å². The van der Waals surface area contributed by atoms with Crippen LogP contribution in [0.1, 0.15) is 11.1 Å². The van der Waals surface area contributed by atoms with Crippen molar-refractivity contribution >= 4 is 27.8 Å². The molecule has 0 fully saturated rings. The number of ether oxygens (including phenoxy) is 2. The van der Waals surface area contributed by atoms with Crippen LogP contribution in [0.3, 0.4) is 0 Å². The van der Waals surface area contributed by atoms with Crippen molar-refractivity contribution in [3.63, 3.8) is 0 Å². The molecule has 12 heteroatoms. The van der Waals surface area contributed by atoms with Gasteiger partial charge < -0.3 is 9.47 Å². The number of para-hydroxylation sites is 1. The van der Waals surface area contributed by atoms with Crippen LogP contribution in [-0.2, 0) is 21.2 Å². The van der Waals surface area contributed by atoms with Gasteiger partial charge in [0.05, 0.1) is 42.4 Å². The second-order valence-corrected chi connectivity index (χ2v) is 9.64. The van der Waals surface area contributed by atoms with E-state index in [1.165, 1.54) is 50.6 Å². The Balaban J connectivity index is 1.82. The summed E-state index contributed by atoms with van der Waals surface area (Å²) in [7, 11) is -1.29. The lowest BCUT2D eigenvalue weighted by atomic mass is 10.1. The third-order valence-corrected chi connectivity index (χ3v) is 7.17. The van der Waals surface area contributed by atoms with Crippen LogP contribution in [0.5, 0.6) is 11.5 Å². The van der Waals surface area contributed by atoms with Crippen LogP contribution in [0.2, 0.25) is 0 Å². The number of sulfonamides is 1. The summed E-state index contributed by atoms with van der Waals surface area (Å²) in [6, 6.07) is 19.3. The minimum atomic E-state index is -4.12. The molecule has 3 aromatic rings. The van der Waals surface area contributed by atoms with Gasteiger partial charge in [0, 0.05) is 18.7 Å². The van der Waals surface area contributed by atoms with Crippen molar-refractivity contribution in [1.82, 2.24) is 9.73 Å². The molecule has 0 aliphatic heterocycles. The molecule has 37 heavy (non-hydrogen) atoms. The van der Waals surface area contributed by atoms with Crippen molar-refractivity contribution in [1.29, 1.82) is 0 Å². The Morgan fingerprint density at radius 1 is 1.03 bits per heavy atom. The second-order valence-electron chi connectivity index (χ2n) is 7.70. The van der Waals surface area contributed by atoms with E-state index in [0.717, 1.165) is 16.1 Å². The number of rotatable bonds is 12. The Bertz CT molecular complexity index is 1380. The molecule has 1 amide bonds. The molecule has 0 radical (unpaired) electrons. The topological polar surface area (TPSA) is 140 Å². The van der Waals surface area contributed by atoms with Gasteiger partial charge >= 0.3 is 0 Å². The van der Waals surface area contributed by atoms with Gasteiger partial charge in [-0.05, 0) is 30.2 Å². The maximum absolute atomic E-state index is 13.5. The summed E-state index contributed by atoms with van der Waals surface area (Å²) in [5, 5.41) is 14.9. The van der Waals surface area contributed by atoms with Crippen molar-refractivity contribution in [3.8, 4) is 11.5 Å². The van der Waals surface area contributed by atoms with Crippen LogP contribution in [0.25, 0.3) is 0 Å². The van der Waals surface area contributed by atoms with Crippen molar-refractivity contribution < 1.29 is 27.6 Å². The number of amides is 1. The summed E-state index contributed by atoms with van der Waals surface area (Å²) in [6.45, 7) is -0.514. The molecule has 0 heterocycles. The fourth-order valence-corrected chi connectivity index (χ4v) is 4.85. The molecular formula is C25H26N4O7S. The Labute approximate surface area is 214 Å². The number of nitro groups is 1. The second kappa shape index (κ2) is 12.6. The number of hydrogen-bond donors (Lipinski definition) is 1. The first-order chi connectivity index (χ1) is 17.8. The van der Waals surface area contributed by atoms with Gasteiger partial charge in [0.25, 0.3) is 11.6 Å². The van der Waals surface area contributed by atoms with Crippen molar-refractivity contribution in [2.75, 3.05) is 27.3 Å². The molecule has 1 N–H and O–H groups in total. The van der Waals surface area contributed by atoms with Crippen LogP contribution in [-0.4, -0.2) is 57.1 Å². The van der Waals surface area contributed by atoms with E-state index < -0.39 is 27.4 Å². The Morgan fingerprint density at radius 3 is 2.38 bits per heavy atom. The largest absolute Gasteiger partial charge is 0.493 e. The molecule has 0 aliphatic carbocycles. The van der Waals surface area contributed by atoms with E-state index in [1.807, 2.05) is 30.3 Å². The van der Waals surface area contributed by atoms with E-state index in [1.54, 1.807) is 6.07 Å². The van der Waals surface area contributed by atoms with Gasteiger partial charge in [-0.3, -0.25) is 14.9 Å². The molecule has 0 spiro atoms. The zero-order chi connectivity index (χ0) is 26.8. The van der Waals surface area contributed by atoms with Crippen molar-refractivity contribution in [2.45, 2.75) is 11.3 Å². The SMILES string of the molecule is COc1ccc(S(=O)(=O)N(CCc2ccccc2)CC(=O)N/N=C\c2ccccc2[N+](=O)[O-])cc1OC. The first kappa shape index (κ1) is 27.3. The van der Waals surface area contributed by atoms with Gasteiger partial charge in [-0.15, -0.1) is 0 Å². The molecule has 0 aromatic heterocycles. The molecule has 0 unspecified atom stereocenters. The first-order valence-electron chi connectivity index (χ1n) is 11.1. The van der Waals surface area contributed by atoms with Crippen molar-refractivity contribution in [3.05, 3.63) is 94.0 Å². The molecule has 0 bridgehead atoms. The average Bonchev–Trinajstić information content (AvgIpc) is 2.91. The van der Waals surface area contributed by atoms with E-state index in [4.69, 9.17) is 9.47 Å². The highest BCUT2D eigenvalue weighted by molar-refractivity contribution is 7.89. The van der Waals surface area contributed by atoms with Gasteiger partial charge in [0.2, 0.25) is 10.0 Å². The maximum Gasteiger partial charge on any atom is 0.278 e. The Hall–Kier alpha value is -4.29. The minimum Gasteiger partial charge on any atom is -0.493 e. The number of benzene rings is 3. The number of carbonyl (C=O) groups excluding carboxylic acids is 1. The summed E-state index contributed by atoms with van der Waals surface area (Å²) in [6.07, 6.45) is 1.49. The number of nitrogens with one attached hydrogen (secondary N) is 1. The summed E-state index contributed by atoms with van der Waals surface area (Å²) < 4.78 is 38.5. The van der Waals surface area contributed by atoms with Crippen LogP contribution in [0, 0.1) is 10.1 Å². The van der Waals surface area contributed by atoms with E-state index in [2.05, 4.69) is 10.5 Å². The highest BCUT2D eigenvalue weighted by atomic mass is 32.2. The summed E-state index contributed by atoms with van der Waals surface area (Å²) in [5.74, 6) is -0.128. The predicted molar refractivity (Wildman–Crippen MR) is 137 cm³/mol. The maximum atomic E-state index is 13.5. The molecule has 3 rings (SSSR count). The fraction of sp³-hybridized carbons (Fsp3) is 0.200. The number of hydrazone groups is 1. The predicted octanol–water partition coefficient (Wildman–Crippen LogP) is 3.00.